The molecule has 1 aromatic carbocycles. The molecule has 0 heterocycles. The molecule has 1 aliphatic rings. The number of nitrogens with two attached hydrogens (primary N) is 2. The molecule has 1 aliphatic carbocycles. The molecule has 4 N–H and O–H groups in total. The number of anilines is 1. The summed E-state index contributed by atoms with van der Waals surface area (Å²) in [7, 11) is 3.32. The van der Waals surface area contributed by atoms with Gasteiger partial charge in [-0.2, -0.15) is 0 Å². The molecule has 2 nitrogen and oxygen atoms in total. The molecule has 0 saturated heterocycles. The molecule has 0 aromatic heterocycles. The second kappa shape index (κ2) is 6.61. The minimum atomic E-state index is 0.809. The van der Waals surface area contributed by atoms with Crippen molar-refractivity contribution in [2.45, 2.75) is 17.7 Å². The van der Waals surface area contributed by atoms with Crippen molar-refractivity contribution < 1.29 is 0 Å². The van der Waals surface area contributed by atoms with E-state index in [1.54, 1.807) is 21.6 Å². The molecule has 0 fully saturated rings. The first-order valence-electron chi connectivity index (χ1n) is 5.77. The van der Waals surface area contributed by atoms with Gasteiger partial charge in [0.2, 0.25) is 0 Å². The maximum atomic E-state index is 6.04. The summed E-state index contributed by atoms with van der Waals surface area (Å²) >= 11 is 0. The predicted octanol–water partition coefficient (Wildman–Crippen LogP) is 4.09. The van der Waals surface area contributed by atoms with Crippen LogP contribution in [-0.4, -0.2) is 0 Å². The summed E-state index contributed by atoms with van der Waals surface area (Å²) in [6, 6.07) is 7.87. The van der Waals surface area contributed by atoms with E-state index in [4.69, 9.17) is 11.5 Å². The van der Waals surface area contributed by atoms with Crippen molar-refractivity contribution in [1.82, 2.24) is 0 Å². The lowest BCUT2D eigenvalue weighted by atomic mass is 10.2. The molecule has 0 spiro atoms. The van der Waals surface area contributed by atoms with Crippen molar-refractivity contribution in [2.24, 2.45) is 5.73 Å². The molecule has 0 bridgehead atoms. The van der Waals surface area contributed by atoms with Crippen LogP contribution in [0.2, 0.25) is 0 Å². The van der Waals surface area contributed by atoms with Crippen molar-refractivity contribution in [3.63, 3.8) is 0 Å². The fourth-order valence-electron chi connectivity index (χ4n) is 1.51. The van der Waals surface area contributed by atoms with Gasteiger partial charge >= 0.3 is 0 Å². The van der Waals surface area contributed by atoms with Gasteiger partial charge in [-0.15, -0.1) is 0 Å². The van der Waals surface area contributed by atoms with E-state index in [0.29, 0.717) is 0 Å². The van der Waals surface area contributed by atoms with Gasteiger partial charge in [-0.25, -0.2) is 0 Å². The van der Waals surface area contributed by atoms with Crippen LogP contribution in [0.1, 0.15) is 12.8 Å². The average molecular weight is 276 g/mol. The summed E-state index contributed by atoms with van der Waals surface area (Å²) < 4.78 is 0. The molecular formula is C14H16N2S2. The quantitative estimate of drug-likeness (QED) is 0.496. The van der Waals surface area contributed by atoms with E-state index in [-0.39, 0.29) is 0 Å². The Bertz CT molecular complexity index is 504. The van der Waals surface area contributed by atoms with Gasteiger partial charge < -0.3 is 11.5 Å². The smallest absolute Gasteiger partial charge is 0.0461 e. The van der Waals surface area contributed by atoms with Crippen LogP contribution in [0.25, 0.3) is 0 Å². The van der Waals surface area contributed by atoms with E-state index >= 15 is 0 Å². The van der Waals surface area contributed by atoms with Gasteiger partial charge in [0.25, 0.3) is 0 Å². The van der Waals surface area contributed by atoms with Gasteiger partial charge in [0.05, 0.1) is 0 Å². The molecule has 1 aromatic rings. The Morgan fingerprint density at radius 2 is 1.61 bits per heavy atom. The minimum absolute atomic E-state index is 0.809. The molecular weight excluding hydrogens is 260 g/mol. The zero-order valence-electron chi connectivity index (χ0n) is 10.0. The first-order chi connectivity index (χ1) is 8.77. The molecule has 2 rings (SSSR count). The Kier molecular flexibility index (Phi) is 4.84. The van der Waals surface area contributed by atoms with E-state index in [0.717, 1.165) is 34.0 Å². The van der Waals surface area contributed by atoms with E-state index in [2.05, 4.69) is 18.2 Å². The van der Waals surface area contributed by atoms with Crippen LogP contribution in [-0.2, 0) is 0 Å². The standard InChI is InChI=1S/C14H16N2S2/c15-11-7-3-1-2-4-9-13(11)17-18-14-10-6-5-8-12(14)16/h1-2,5-10H,3-4,15-16H2/b2-1-,11-7+,13-9?. The molecule has 0 radical (unpaired) electrons. The van der Waals surface area contributed by atoms with Crippen molar-refractivity contribution >= 4 is 27.3 Å². The largest absolute Gasteiger partial charge is 0.398 e. The first kappa shape index (κ1) is 13.2. The van der Waals surface area contributed by atoms with Gasteiger partial charge in [0.1, 0.15) is 0 Å². The Hall–Kier alpha value is -1.26. The summed E-state index contributed by atoms with van der Waals surface area (Å²) in [6.45, 7) is 0. The minimum Gasteiger partial charge on any atom is -0.398 e. The highest BCUT2D eigenvalue weighted by Crippen LogP contribution is 2.41. The maximum Gasteiger partial charge on any atom is 0.0461 e. The summed E-state index contributed by atoms with van der Waals surface area (Å²) in [5.41, 5.74) is 13.6. The van der Waals surface area contributed by atoms with Crippen LogP contribution in [0.15, 0.2) is 64.1 Å². The maximum absolute atomic E-state index is 6.04. The summed E-state index contributed by atoms with van der Waals surface area (Å²) in [5.74, 6) is 0. The lowest BCUT2D eigenvalue weighted by molar-refractivity contribution is 1.22. The number of nitrogen functional groups attached to an aromatic ring is 1. The highest BCUT2D eigenvalue weighted by atomic mass is 33.1. The lowest BCUT2D eigenvalue weighted by Crippen LogP contribution is -1.99. The highest BCUT2D eigenvalue weighted by molar-refractivity contribution is 8.78. The Labute approximate surface area is 116 Å². The van der Waals surface area contributed by atoms with Crippen LogP contribution < -0.4 is 11.5 Å². The third-order valence-corrected chi connectivity index (χ3v) is 5.05. The van der Waals surface area contributed by atoms with Crippen LogP contribution in [0.3, 0.4) is 0 Å². The molecule has 0 saturated carbocycles. The van der Waals surface area contributed by atoms with Crippen LogP contribution in [0.5, 0.6) is 0 Å². The third-order valence-electron chi connectivity index (χ3n) is 2.50. The Balaban J connectivity index is 2.05. The third kappa shape index (κ3) is 3.62. The van der Waals surface area contributed by atoms with Gasteiger partial charge in [-0.1, -0.05) is 58.0 Å². The van der Waals surface area contributed by atoms with Gasteiger partial charge in [0, 0.05) is 21.2 Å². The number of hydrogen-bond acceptors (Lipinski definition) is 4. The topological polar surface area (TPSA) is 52.0 Å². The first-order valence-corrected chi connectivity index (χ1v) is 7.92. The van der Waals surface area contributed by atoms with E-state index < -0.39 is 0 Å². The van der Waals surface area contributed by atoms with Gasteiger partial charge in [-0.05, 0) is 25.0 Å². The number of benzene rings is 1. The van der Waals surface area contributed by atoms with E-state index in [9.17, 15) is 0 Å². The average Bonchev–Trinajstić information content (AvgIpc) is 2.35. The van der Waals surface area contributed by atoms with Gasteiger partial charge in [-0.3, -0.25) is 0 Å². The lowest BCUT2D eigenvalue weighted by Gasteiger charge is -2.09. The van der Waals surface area contributed by atoms with Crippen molar-refractivity contribution in [2.75, 3.05) is 5.73 Å². The molecule has 18 heavy (non-hydrogen) atoms. The second-order valence-electron chi connectivity index (χ2n) is 3.88. The normalized spacial score (nSPS) is 20.2. The molecule has 0 atom stereocenters. The van der Waals surface area contributed by atoms with Crippen molar-refractivity contribution in [1.29, 1.82) is 0 Å². The highest BCUT2D eigenvalue weighted by Gasteiger charge is 2.06. The van der Waals surface area contributed by atoms with Crippen LogP contribution in [0.4, 0.5) is 5.69 Å². The predicted molar refractivity (Wildman–Crippen MR) is 83.0 cm³/mol. The molecule has 4 heteroatoms. The van der Waals surface area contributed by atoms with Crippen LogP contribution in [0, 0.1) is 0 Å². The van der Waals surface area contributed by atoms with Crippen LogP contribution >= 0.6 is 21.6 Å². The molecule has 0 aliphatic heterocycles. The van der Waals surface area contributed by atoms with E-state index in [1.165, 1.54) is 0 Å². The Morgan fingerprint density at radius 3 is 2.39 bits per heavy atom. The summed E-state index contributed by atoms with van der Waals surface area (Å²) in [5, 5.41) is 0. The Morgan fingerprint density at radius 1 is 0.889 bits per heavy atom. The molecule has 0 unspecified atom stereocenters. The molecule has 0 amide bonds. The zero-order chi connectivity index (χ0) is 12.8. The van der Waals surface area contributed by atoms with E-state index in [1.807, 2.05) is 30.3 Å². The van der Waals surface area contributed by atoms with Crippen molar-refractivity contribution in [3.8, 4) is 0 Å². The number of hydrogen-bond donors (Lipinski definition) is 2. The number of allylic oxidation sites excluding steroid dienone is 4. The van der Waals surface area contributed by atoms with Gasteiger partial charge in [0.15, 0.2) is 0 Å². The fourth-order valence-corrected chi connectivity index (χ4v) is 3.82. The second-order valence-corrected chi connectivity index (χ2v) is 6.09. The zero-order valence-corrected chi connectivity index (χ0v) is 11.6. The van der Waals surface area contributed by atoms with Crippen molar-refractivity contribution in [3.05, 3.63) is 59.2 Å². The summed E-state index contributed by atoms with van der Waals surface area (Å²) in [4.78, 5) is 2.20. The monoisotopic (exact) mass is 276 g/mol. The molecule has 94 valence electrons. The number of rotatable bonds is 3. The summed E-state index contributed by atoms with van der Waals surface area (Å²) in [6.07, 6.45) is 10.3. The fraction of sp³-hybridized carbons (Fsp3) is 0.143. The SMILES string of the molecule is N/C1=C/C/C=C\CC=C1SSc1ccccc1N. The number of para-hydroxylation sites is 1.